The van der Waals surface area contributed by atoms with Crippen LogP contribution in [0.3, 0.4) is 0 Å². The Labute approximate surface area is 190 Å². The van der Waals surface area contributed by atoms with Crippen LogP contribution in [0, 0.1) is 5.92 Å². The third-order valence-corrected chi connectivity index (χ3v) is 5.09. The van der Waals surface area contributed by atoms with Gasteiger partial charge in [0.05, 0.1) is 42.1 Å². The van der Waals surface area contributed by atoms with Gasteiger partial charge in [0, 0.05) is 10.8 Å². The van der Waals surface area contributed by atoms with Gasteiger partial charge in [-0.3, -0.25) is 19.2 Å². The number of para-hydroxylation sites is 2. The molecule has 3 N–H and O–H groups in total. The zero-order valence-electron chi connectivity index (χ0n) is 18.4. The number of fused-ring (bicyclic) bond motifs is 2. The highest BCUT2D eigenvalue weighted by Gasteiger charge is 2.37. The Bertz CT molecular complexity index is 1160. The Balaban J connectivity index is 2.04. The molecule has 2 aromatic carbocycles. The highest BCUT2D eigenvalue weighted by atomic mass is 16.5. The lowest BCUT2D eigenvalue weighted by molar-refractivity contribution is -0.156. The molecule has 0 aliphatic rings. The van der Waals surface area contributed by atoms with Crippen molar-refractivity contribution < 1.29 is 28.7 Å². The van der Waals surface area contributed by atoms with Crippen molar-refractivity contribution in [1.82, 2.24) is 10.3 Å². The van der Waals surface area contributed by atoms with E-state index in [2.05, 4.69) is 10.3 Å². The summed E-state index contributed by atoms with van der Waals surface area (Å²) in [5.74, 6) is -4.50. The fourth-order valence-corrected chi connectivity index (χ4v) is 3.65. The number of nitrogens with one attached hydrogen (secondary N) is 1. The highest BCUT2D eigenvalue weighted by molar-refractivity contribution is 6.17. The van der Waals surface area contributed by atoms with Crippen molar-refractivity contribution in [2.24, 2.45) is 11.7 Å². The summed E-state index contributed by atoms with van der Waals surface area (Å²) in [5.41, 5.74) is 7.00. The predicted octanol–water partition coefficient (Wildman–Crippen LogP) is 2.10. The van der Waals surface area contributed by atoms with Crippen LogP contribution in [0.25, 0.3) is 21.8 Å². The smallest absolute Gasteiger partial charge is 0.312 e. The number of pyridine rings is 1. The number of carbonyl (C=O) groups is 4. The van der Waals surface area contributed by atoms with Gasteiger partial charge in [0.15, 0.2) is 0 Å². The van der Waals surface area contributed by atoms with E-state index in [1.807, 2.05) is 0 Å². The first-order valence-corrected chi connectivity index (χ1v) is 10.6. The van der Waals surface area contributed by atoms with E-state index in [-0.39, 0.29) is 18.8 Å². The summed E-state index contributed by atoms with van der Waals surface area (Å²) in [6, 6.07) is 12.7. The summed E-state index contributed by atoms with van der Waals surface area (Å²) in [7, 11) is 0. The lowest BCUT2D eigenvalue weighted by atomic mass is 9.94. The summed E-state index contributed by atoms with van der Waals surface area (Å²) < 4.78 is 9.94. The molecule has 2 amide bonds. The quantitative estimate of drug-likeness (QED) is 0.375. The molecule has 0 saturated heterocycles. The van der Waals surface area contributed by atoms with Gasteiger partial charge in [0.2, 0.25) is 5.91 Å². The second-order valence-corrected chi connectivity index (χ2v) is 7.24. The molecular weight excluding hydrogens is 426 g/mol. The van der Waals surface area contributed by atoms with Gasteiger partial charge in [-0.1, -0.05) is 36.4 Å². The van der Waals surface area contributed by atoms with Gasteiger partial charge in [0.25, 0.3) is 5.91 Å². The average Bonchev–Trinajstić information content (AvgIpc) is 2.79. The Kier molecular flexibility index (Phi) is 7.55. The molecule has 3 aromatic rings. The number of ether oxygens (including phenoxy) is 2. The third kappa shape index (κ3) is 5.25. The molecule has 0 fully saturated rings. The maximum absolute atomic E-state index is 13.5. The Hall–Kier alpha value is -4.01. The summed E-state index contributed by atoms with van der Waals surface area (Å²) in [4.78, 5) is 55.0. The number of nitrogens with zero attached hydrogens (tertiary/aromatic N) is 1. The second kappa shape index (κ2) is 10.5. The van der Waals surface area contributed by atoms with Gasteiger partial charge in [-0.2, -0.15) is 0 Å². The number of aromatic nitrogens is 1. The first-order chi connectivity index (χ1) is 15.9. The van der Waals surface area contributed by atoms with Gasteiger partial charge >= 0.3 is 11.9 Å². The second-order valence-electron chi connectivity index (χ2n) is 7.24. The fraction of sp³-hybridized carbons (Fsp3) is 0.292. The van der Waals surface area contributed by atoms with Crippen molar-refractivity contribution in [2.45, 2.75) is 26.3 Å². The van der Waals surface area contributed by atoms with E-state index in [0.717, 1.165) is 0 Å². The Morgan fingerprint density at radius 3 is 1.97 bits per heavy atom. The van der Waals surface area contributed by atoms with Crippen LogP contribution >= 0.6 is 0 Å². The lowest BCUT2D eigenvalue weighted by Crippen LogP contribution is -2.52. The highest BCUT2D eigenvalue weighted by Crippen LogP contribution is 2.26. The maximum atomic E-state index is 13.5. The summed E-state index contributed by atoms with van der Waals surface area (Å²) in [6.45, 7) is 3.32. The SMILES string of the molecule is CCOC(=O)C[C@@H](C(=O)OCC)[C@@H](NC(=O)c1c2ccccc2nc2ccccc12)C(N)=O. The molecule has 0 aliphatic heterocycles. The van der Waals surface area contributed by atoms with Crippen LogP contribution in [0.15, 0.2) is 48.5 Å². The zero-order chi connectivity index (χ0) is 24.0. The Morgan fingerprint density at radius 1 is 0.909 bits per heavy atom. The van der Waals surface area contributed by atoms with Crippen molar-refractivity contribution in [3.05, 3.63) is 54.1 Å². The van der Waals surface area contributed by atoms with E-state index in [1.165, 1.54) is 0 Å². The number of amides is 2. The molecular formula is C24H25N3O6. The molecule has 3 rings (SSSR count). The minimum Gasteiger partial charge on any atom is -0.466 e. The number of primary amides is 1. The van der Waals surface area contributed by atoms with Crippen molar-refractivity contribution >= 4 is 45.6 Å². The monoisotopic (exact) mass is 451 g/mol. The van der Waals surface area contributed by atoms with Crippen LogP contribution in [-0.2, 0) is 23.9 Å². The minimum atomic E-state index is -1.49. The third-order valence-electron chi connectivity index (χ3n) is 5.09. The number of benzene rings is 2. The van der Waals surface area contributed by atoms with E-state index in [4.69, 9.17) is 15.2 Å². The molecule has 1 aromatic heterocycles. The zero-order valence-corrected chi connectivity index (χ0v) is 18.4. The van der Waals surface area contributed by atoms with Crippen molar-refractivity contribution in [2.75, 3.05) is 13.2 Å². The molecule has 0 radical (unpaired) electrons. The van der Waals surface area contributed by atoms with Crippen molar-refractivity contribution in [1.29, 1.82) is 0 Å². The van der Waals surface area contributed by atoms with E-state index >= 15 is 0 Å². The Morgan fingerprint density at radius 2 is 1.45 bits per heavy atom. The largest absolute Gasteiger partial charge is 0.466 e. The van der Waals surface area contributed by atoms with Crippen molar-refractivity contribution in [3.8, 4) is 0 Å². The van der Waals surface area contributed by atoms with Crippen molar-refractivity contribution in [3.63, 3.8) is 0 Å². The van der Waals surface area contributed by atoms with Gasteiger partial charge in [-0.05, 0) is 26.0 Å². The molecule has 0 bridgehead atoms. The molecule has 0 aliphatic carbocycles. The first-order valence-electron chi connectivity index (χ1n) is 10.6. The van der Waals surface area contributed by atoms with Gasteiger partial charge in [-0.15, -0.1) is 0 Å². The molecule has 2 atom stereocenters. The number of esters is 2. The lowest BCUT2D eigenvalue weighted by Gasteiger charge is -2.24. The number of rotatable bonds is 9. The number of nitrogens with two attached hydrogens (primary N) is 1. The van der Waals surface area contributed by atoms with Gasteiger partial charge in [0.1, 0.15) is 6.04 Å². The number of carbonyl (C=O) groups excluding carboxylic acids is 4. The predicted molar refractivity (Wildman–Crippen MR) is 121 cm³/mol. The fourth-order valence-electron chi connectivity index (χ4n) is 3.65. The topological polar surface area (TPSA) is 138 Å². The molecule has 9 nitrogen and oxygen atoms in total. The maximum Gasteiger partial charge on any atom is 0.312 e. The molecule has 0 unspecified atom stereocenters. The van der Waals surface area contributed by atoms with Crippen LogP contribution in [0.5, 0.6) is 0 Å². The summed E-state index contributed by atoms with van der Waals surface area (Å²) in [5, 5.41) is 3.68. The van der Waals surface area contributed by atoms with Gasteiger partial charge < -0.3 is 20.5 Å². The standard InChI is InChI=1S/C24H25N3O6/c1-3-32-19(28)13-16(24(31)33-4-2)21(22(25)29)27-23(30)20-14-9-5-7-11-17(14)26-18-12-8-6-10-15(18)20/h5-12,16,21H,3-4,13H2,1-2H3,(H2,25,29)(H,27,30)/t16-,21-/m1/s1. The number of hydrogen-bond acceptors (Lipinski definition) is 7. The van der Waals surface area contributed by atoms with Gasteiger partial charge in [-0.25, -0.2) is 4.98 Å². The van der Waals surface area contributed by atoms with Crippen LogP contribution < -0.4 is 11.1 Å². The van der Waals surface area contributed by atoms with E-state index in [9.17, 15) is 19.2 Å². The van der Waals surface area contributed by atoms with E-state index < -0.39 is 42.1 Å². The molecule has 0 saturated carbocycles. The minimum absolute atomic E-state index is 0.0250. The molecule has 33 heavy (non-hydrogen) atoms. The van der Waals surface area contributed by atoms with Crippen LogP contribution in [0.1, 0.15) is 30.6 Å². The van der Waals surface area contributed by atoms with Crippen LogP contribution in [0.4, 0.5) is 0 Å². The summed E-state index contributed by atoms with van der Waals surface area (Å²) >= 11 is 0. The van der Waals surface area contributed by atoms with Crippen LogP contribution in [0.2, 0.25) is 0 Å². The first kappa shape index (κ1) is 23.6. The van der Waals surface area contributed by atoms with E-state index in [1.54, 1.807) is 62.4 Å². The molecule has 9 heteroatoms. The van der Waals surface area contributed by atoms with E-state index in [0.29, 0.717) is 21.8 Å². The molecule has 1 heterocycles. The molecule has 0 spiro atoms. The normalized spacial score (nSPS) is 12.7. The summed E-state index contributed by atoms with van der Waals surface area (Å²) in [6.07, 6.45) is -0.474. The van der Waals surface area contributed by atoms with Crippen LogP contribution in [-0.4, -0.2) is 48.0 Å². The average molecular weight is 451 g/mol. The molecule has 172 valence electrons. The number of hydrogen-bond donors (Lipinski definition) is 2.